The van der Waals surface area contributed by atoms with Gasteiger partial charge in [-0.2, -0.15) is 0 Å². The van der Waals surface area contributed by atoms with Gasteiger partial charge in [-0.25, -0.2) is 0 Å². The third kappa shape index (κ3) is 2.47. The molecule has 1 nitrogen and oxygen atoms in total. The van der Waals surface area contributed by atoms with E-state index < -0.39 is 0 Å². The summed E-state index contributed by atoms with van der Waals surface area (Å²) >= 11 is 0. The summed E-state index contributed by atoms with van der Waals surface area (Å²) in [7, 11) is 2.09. The van der Waals surface area contributed by atoms with Crippen LogP contribution in [0.2, 0.25) is 0 Å². The number of hydrogen-bond acceptors (Lipinski definition) is 1. The smallest absolute Gasteiger partial charge is 0.0104 e. The molecule has 0 saturated heterocycles. The maximum absolute atomic E-state index is 3.44. The molecule has 1 heteroatoms. The number of hydrogen-bond donors (Lipinski definition) is 1. The Morgan fingerprint density at radius 2 is 1.78 bits per heavy atom. The summed E-state index contributed by atoms with van der Waals surface area (Å²) in [6.45, 7) is 9.14. The third-order valence-electron chi connectivity index (χ3n) is 4.59. The minimum Gasteiger partial charge on any atom is -0.317 e. The van der Waals surface area contributed by atoms with Gasteiger partial charge >= 0.3 is 0 Å². The van der Waals surface area contributed by atoms with E-state index in [2.05, 4.69) is 64.3 Å². The Morgan fingerprint density at radius 1 is 1.17 bits per heavy atom. The normalized spacial score (nSPS) is 27.9. The van der Waals surface area contributed by atoms with Crippen molar-refractivity contribution < 1.29 is 0 Å². The summed E-state index contributed by atoms with van der Waals surface area (Å²) in [6, 6.07) is 10.0. The van der Waals surface area contributed by atoms with Gasteiger partial charge in [-0.15, -0.1) is 0 Å². The molecule has 0 aromatic heterocycles. The van der Waals surface area contributed by atoms with E-state index >= 15 is 0 Å². The Labute approximate surface area is 112 Å². The van der Waals surface area contributed by atoms with E-state index in [9.17, 15) is 0 Å². The molecule has 1 aliphatic carbocycles. The highest BCUT2D eigenvalue weighted by Gasteiger charge is 2.39. The first-order chi connectivity index (χ1) is 8.47. The average molecular weight is 245 g/mol. The van der Waals surface area contributed by atoms with Crippen LogP contribution in [0.3, 0.4) is 0 Å². The van der Waals surface area contributed by atoms with Gasteiger partial charge in [0.2, 0.25) is 0 Å². The molecule has 1 N–H and O–H groups in total. The Balaban J connectivity index is 2.12. The molecule has 0 radical (unpaired) electrons. The molecular formula is C17H27N. The summed E-state index contributed by atoms with van der Waals surface area (Å²) in [5, 5.41) is 3.44. The van der Waals surface area contributed by atoms with E-state index in [-0.39, 0.29) is 5.41 Å². The Bertz CT molecular complexity index is 385. The van der Waals surface area contributed by atoms with Crippen LogP contribution in [-0.2, 0) is 5.41 Å². The molecule has 1 fully saturated rings. The first-order valence-corrected chi connectivity index (χ1v) is 7.25. The zero-order chi connectivity index (χ0) is 13.3. The molecule has 1 aliphatic rings. The molecule has 100 valence electrons. The van der Waals surface area contributed by atoms with Gasteiger partial charge < -0.3 is 5.32 Å². The van der Waals surface area contributed by atoms with Crippen molar-refractivity contribution in [1.29, 1.82) is 0 Å². The highest BCUT2D eigenvalue weighted by Crippen LogP contribution is 2.44. The van der Waals surface area contributed by atoms with Gasteiger partial charge in [-0.3, -0.25) is 0 Å². The largest absolute Gasteiger partial charge is 0.317 e. The molecule has 1 saturated carbocycles. The molecule has 0 spiro atoms. The van der Waals surface area contributed by atoms with Crippen LogP contribution in [0.25, 0.3) is 0 Å². The van der Waals surface area contributed by atoms with Crippen LogP contribution in [0, 0.1) is 5.92 Å². The molecule has 18 heavy (non-hydrogen) atoms. The maximum atomic E-state index is 3.44. The Kier molecular flexibility index (Phi) is 3.82. The van der Waals surface area contributed by atoms with Crippen LogP contribution in [0.1, 0.15) is 57.6 Å². The fraction of sp³-hybridized carbons (Fsp3) is 0.647. The van der Waals surface area contributed by atoms with Crippen molar-refractivity contribution in [1.82, 2.24) is 5.32 Å². The van der Waals surface area contributed by atoms with Crippen molar-refractivity contribution in [3.05, 3.63) is 35.4 Å². The fourth-order valence-electron chi connectivity index (χ4n) is 3.22. The number of rotatable bonds is 3. The van der Waals surface area contributed by atoms with E-state index in [4.69, 9.17) is 0 Å². The zero-order valence-electron chi connectivity index (χ0n) is 12.5. The van der Waals surface area contributed by atoms with Crippen LogP contribution in [0.4, 0.5) is 0 Å². The van der Waals surface area contributed by atoms with Crippen molar-refractivity contribution >= 4 is 0 Å². The molecule has 0 bridgehead atoms. The first kappa shape index (κ1) is 13.6. The number of benzene rings is 1. The second-order valence-electron chi connectivity index (χ2n) is 6.68. The lowest BCUT2D eigenvalue weighted by Gasteiger charge is -2.45. The summed E-state index contributed by atoms with van der Waals surface area (Å²) < 4.78 is 0. The number of nitrogens with one attached hydrogen (secondary N) is 1. The van der Waals surface area contributed by atoms with E-state index in [1.807, 2.05) is 0 Å². The molecule has 3 atom stereocenters. The van der Waals surface area contributed by atoms with E-state index in [0.29, 0.717) is 0 Å². The van der Waals surface area contributed by atoms with E-state index in [0.717, 1.165) is 17.9 Å². The quantitative estimate of drug-likeness (QED) is 0.846. The molecule has 0 aliphatic heterocycles. The molecule has 0 amide bonds. The fourth-order valence-corrected chi connectivity index (χ4v) is 3.22. The van der Waals surface area contributed by atoms with Crippen LogP contribution in [-0.4, -0.2) is 13.1 Å². The summed E-state index contributed by atoms with van der Waals surface area (Å²) in [4.78, 5) is 0. The molecule has 1 aromatic carbocycles. The molecule has 3 unspecified atom stereocenters. The van der Waals surface area contributed by atoms with Gasteiger partial charge in [-0.05, 0) is 41.8 Å². The summed E-state index contributed by atoms with van der Waals surface area (Å²) in [5.41, 5.74) is 3.22. The van der Waals surface area contributed by atoms with Gasteiger partial charge in [0, 0.05) is 6.04 Å². The Hall–Kier alpha value is -0.820. The average Bonchev–Trinajstić information content (AvgIpc) is 2.28. The van der Waals surface area contributed by atoms with Crippen molar-refractivity contribution in [3.63, 3.8) is 0 Å². The minimum atomic E-state index is 0.260. The van der Waals surface area contributed by atoms with Crippen LogP contribution in [0.5, 0.6) is 0 Å². The minimum absolute atomic E-state index is 0.260. The lowest BCUT2D eigenvalue weighted by atomic mass is 9.65. The molecule has 2 rings (SSSR count). The topological polar surface area (TPSA) is 12.0 Å². The van der Waals surface area contributed by atoms with Crippen LogP contribution in [0.15, 0.2) is 24.3 Å². The van der Waals surface area contributed by atoms with Gasteiger partial charge in [-0.1, -0.05) is 58.4 Å². The zero-order valence-corrected chi connectivity index (χ0v) is 12.5. The van der Waals surface area contributed by atoms with Crippen molar-refractivity contribution in [2.75, 3.05) is 7.05 Å². The second-order valence-corrected chi connectivity index (χ2v) is 6.68. The van der Waals surface area contributed by atoms with Gasteiger partial charge in [0.25, 0.3) is 0 Å². The first-order valence-electron chi connectivity index (χ1n) is 7.25. The lowest BCUT2D eigenvalue weighted by molar-refractivity contribution is 0.169. The summed E-state index contributed by atoms with van der Waals surface area (Å²) in [5.74, 6) is 1.58. The van der Waals surface area contributed by atoms with Crippen molar-refractivity contribution in [2.45, 2.75) is 57.9 Å². The third-order valence-corrected chi connectivity index (χ3v) is 4.59. The predicted octanol–water partition coefficient (Wildman–Crippen LogP) is 4.09. The van der Waals surface area contributed by atoms with Gasteiger partial charge in [0.05, 0.1) is 0 Å². The molecular weight excluding hydrogens is 218 g/mol. The van der Waals surface area contributed by atoms with Crippen molar-refractivity contribution in [3.8, 4) is 0 Å². The second kappa shape index (κ2) is 5.05. The summed E-state index contributed by atoms with van der Waals surface area (Å²) in [6.07, 6.45) is 2.57. The molecule has 0 heterocycles. The van der Waals surface area contributed by atoms with E-state index in [1.165, 1.54) is 24.0 Å². The van der Waals surface area contributed by atoms with Crippen molar-refractivity contribution in [2.24, 2.45) is 5.92 Å². The highest BCUT2D eigenvalue weighted by atomic mass is 14.9. The highest BCUT2D eigenvalue weighted by molar-refractivity contribution is 5.31. The van der Waals surface area contributed by atoms with Crippen LogP contribution < -0.4 is 5.32 Å². The van der Waals surface area contributed by atoms with Gasteiger partial charge in [0.15, 0.2) is 0 Å². The monoisotopic (exact) mass is 245 g/mol. The Morgan fingerprint density at radius 3 is 2.22 bits per heavy atom. The predicted molar refractivity (Wildman–Crippen MR) is 79.1 cm³/mol. The van der Waals surface area contributed by atoms with Gasteiger partial charge in [0.1, 0.15) is 0 Å². The van der Waals surface area contributed by atoms with E-state index in [1.54, 1.807) is 0 Å². The molecule has 1 aromatic rings. The SMILES string of the molecule is CCC1C(NC)CC1c1ccc(C(C)(C)C)cc1. The maximum Gasteiger partial charge on any atom is 0.0104 e. The standard InChI is InChI=1S/C17H27N/c1-6-14-15(11-16(14)18-5)12-7-9-13(10-8-12)17(2,3)4/h7-10,14-16,18H,6,11H2,1-5H3. The van der Waals surface area contributed by atoms with Crippen LogP contribution >= 0.6 is 0 Å². The lowest BCUT2D eigenvalue weighted by Crippen LogP contribution is -2.47.